The monoisotopic (exact) mass is 300 g/mol. The van der Waals surface area contributed by atoms with Crippen LogP contribution in [0.15, 0.2) is 60.8 Å². The molecule has 0 fully saturated rings. The van der Waals surface area contributed by atoms with Gasteiger partial charge in [-0.2, -0.15) is 8.78 Å². The fourth-order valence-electron chi connectivity index (χ4n) is 2.52. The molecule has 2 aromatic heterocycles. The van der Waals surface area contributed by atoms with E-state index >= 15 is 0 Å². The third-order valence-corrected chi connectivity index (χ3v) is 3.45. The van der Waals surface area contributed by atoms with Crippen molar-refractivity contribution >= 4 is 10.9 Å². The number of ether oxygens (including phenoxy) is 1. The molecule has 0 aliphatic rings. The molecular weight excluding hydrogens is 286 g/mol. The molecule has 3 aromatic rings. The molecule has 0 saturated heterocycles. The normalized spacial score (nSPS) is 10.7. The highest BCUT2D eigenvalue weighted by Crippen LogP contribution is 2.31. The summed E-state index contributed by atoms with van der Waals surface area (Å²) in [5.74, 6) is 1.39. The molecular formula is C17H14F2N2O. The largest absolute Gasteiger partial charge is 0.496 e. The predicted octanol–water partition coefficient (Wildman–Crippen LogP) is 4.36. The molecule has 1 aromatic carbocycles. The van der Waals surface area contributed by atoms with Crippen molar-refractivity contribution in [2.24, 2.45) is 0 Å². The summed E-state index contributed by atoms with van der Waals surface area (Å²) in [6.45, 7) is 0. The van der Waals surface area contributed by atoms with Gasteiger partial charge in [-0.1, -0.05) is 12.1 Å². The van der Waals surface area contributed by atoms with Crippen molar-refractivity contribution in [3.63, 3.8) is 0 Å². The van der Waals surface area contributed by atoms with Crippen LogP contribution in [0.3, 0.4) is 0 Å². The molecule has 0 aliphatic carbocycles. The second kappa shape index (κ2) is 5.97. The number of nitrogens with zero attached hydrogens (tertiary/aromatic N) is 2. The molecule has 0 atom stereocenters. The average Bonchev–Trinajstić information content (AvgIpc) is 2.92. The van der Waals surface area contributed by atoms with Crippen molar-refractivity contribution in [2.75, 3.05) is 7.11 Å². The number of hydrogen-bond acceptors (Lipinski definition) is 2. The molecule has 5 heteroatoms. The topological polar surface area (TPSA) is 27.1 Å². The minimum absolute atomic E-state index is 0.122. The van der Waals surface area contributed by atoms with E-state index in [2.05, 4.69) is 4.98 Å². The van der Waals surface area contributed by atoms with E-state index in [9.17, 15) is 8.78 Å². The van der Waals surface area contributed by atoms with Gasteiger partial charge in [0, 0.05) is 23.7 Å². The van der Waals surface area contributed by atoms with Gasteiger partial charge in [0.05, 0.1) is 12.6 Å². The second-order valence-corrected chi connectivity index (χ2v) is 4.75. The zero-order valence-corrected chi connectivity index (χ0v) is 12.0. The molecule has 0 aliphatic heterocycles. The molecule has 22 heavy (non-hydrogen) atoms. The van der Waals surface area contributed by atoms with Crippen LogP contribution in [-0.2, 0) is 6.42 Å². The minimum atomic E-state index is -1.69. The summed E-state index contributed by atoms with van der Waals surface area (Å²) >= 11 is 0. The van der Waals surface area contributed by atoms with Gasteiger partial charge >= 0.3 is 0 Å². The number of methoxy groups -OCH3 is 1. The predicted molar refractivity (Wildman–Crippen MR) is 81.6 cm³/mol. The van der Waals surface area contributed by atoms with Gasteiger partial charge in [0.2, 0.25) is 0 Å². The number of benzene rings is 1. The van der Waals surface area contributed by atoms with Gasteiger partial charge in [0.25, 0.3) is 6.08 Å². The number of pyridine rings is 1. The van der Waals surface area contributed by atoms with Crippen LogP contribution in [0.4, 0.5) is 8.78 Å². The Morgan fingerprint density at radius 3 is 2.77 bits per heavy atom. The van der Waals surface area contributed by atoms with E-state index in [-0.39, 0.29) is 6.42 Å². The fourth-order valence-corrected chi connectivity index (χ4v) is 2.52. The molecule has 0 amide bonds. The van der Waals surface area contributed by atoms with Crippen LogP contribution in [0.1, 0.15) is 5.69 Å². The summed E-state index contributed by atoms with van der Waals surface area (Å²) in [7, 11) is 1.59. The number of halogens is 2. The van der Waals surface area contributed by atoms with Gasteiger partial charge in [0.1, 0.15) is 11.6 Å². The molecule has 0 unspecified atom stereocenters. The highest BCUT2D eigenvalue weighted by Gasteiger charge is 2.13. The number of aromatic nitrogens is 2. The molecule has 0 N–H and O–H groups in total. The Bertz CT molecular complexity index is 821. The first-order chi connectivity index (χ1) is 10.7. The first-order valence-electron chi connectivity index (χ1n) is 6.80. The summed E-state index contributed by atoms with van der Waals surface area (Å²) < 4.78 is 32.2. The first-order valence-corrected chi connectivity index (χ1v) is 6.80. The Labute approximate surface area is 126 Å². The molecule has 2 heterocycles. The number of rotatable bonds is 4. The Morgan fingerprint density at radius 2 is 2.09 bits per heavy atom. The molecule has 3 nitrogen and oxygen atoms in total. The average molecular weight is 300 g/mol. The fraction of sp³-hybridized carbons (Fsp3) is 0.118. The van der Waals surface area contributed by atoms with E-state index < -0.39 is 6.08 Å². The standard InChI is InChI=1S/C17H14F2N2O/c1-22-15-6-4-5-14-13(15)11-12(8-9-16(18)19)21(14)17-7-2-3-10-20-17/h2-7,9-11H,8H2,1H3. The van der Waals surface area contributed by atoms with Crippen LogP contribution in [0.5, 0.6) is 5.75 Å². The van der Waals surface area contributed by atoms with Crippen LogP contribution in [0, 0.1) is 0 Å². The van der Waals surface area contributed by atoms with Gasteiger partial charge in [-0.05, 0) is 36.4 Å². The van der Waals surface area contributed by atoms with E-state index in [1.54, 1.807) is 13.3 Å². The SMILES string of the molecule is COc1cccc2c1cc(CC=C(F)F)n2-c1ccccn1. The van der Waals surface area contributed by atoms with E-state index in [0.717, 1.165) is 22.7 Å². The highest BCUT2D eigenvalue weighted by atomic mass is 19.3. The smallest absolute Gasteiger partial charge is 0.266 e. The van der Waals surface area contributed by atoms with Crippen molar-refractivity contribution < 1.29 is 13.5 Å². The lowest BCUT2D eigenvalue weighted by Gasteiger charge is -2.09. The first kappa shape index (κ1) is 14.3. The Morgan fingerprint density at radius 1 is 1.23 bits per heavy atom. The molecule has 0 bridgehead atoms. The van der Waals surface area contributed by atoms with Crippen molar-refractivity contribution in [1.29, 1.82) is 0 Å². The van der Waals surface area contributed by atoms with Crippen molar-refractivity contribution in [3.05, 3.63) is 66.5 Å². The van der Waals surface area contributed by atoms with Crippen LogP contribution >= 0.6 is 0 Å². The Balaban J connectivity index is 2.26. The summed E-state index contributed by atoms with van der Waals surface area (Å²) in [6.07, 6.45) is 1.01. The lowest BCUT2D eigenvalue weighted by molar-refractivity contribution is 0.418. The highest BCUT2D eigenvalue weighted by molar-refractivity contribution is 5.88. The quantitative estimate of drug-likeness (QED) is 0.716. The molecule has 112 valence electrons. The molecule has 0 saturated carbocycles. The van der Waals surface area contributed by atoms with Gasteiger partial charge in [0.15, 0.2) is 0 Å². The Kier molecular flexibility index (Phi) is 3.87. The number of fused-ring (bicyclic) bond motifs is 1. The van der Waals surface area contributed by atoms with Crippen molar-refractivity contribution in [1.82, 2.24) is 9.55 Å². The van der Waals surface area contributed by atoms with Crippen molar-refractivity contribution in [2.45, 2.75) is 6.42 Å². The van der Waals surface area contributed by atoms with Crippen LogP contribution < -0.4 is 4.74 Å². The van der Waals surface area contributed by atoms with E-state index in [1.165, 1.54) is 0 Å². The van der Waals surface area contributed by atoms with Crippen LogP contribution in [-0.4, -0.2) is 16.7 Å². The van der Waals surface area contributed by atoms with E-state index in [4.69, 9.17) is 4.74 Å². The zero-order valence-electron chi connectivity index (χ0n) is 12.0. The van der Waals surface area contributed by atoms with Gasteiger partial charge in [-0.25, -0.2) is 4.98 Å². The van der Waals surface area contributed by atoms with Crippen LogP contribution in [0.2, 0.25) is 0 Å². The summed E-state index contributed by atoms with van der Waals surface area (Å²) in [5, 5.41) is 0.873. The maximum atomic E-state index is 12.5. The number of allylic oxidation sites excluding steroid dienone is 1. The lowest BCUT2D eigenvalue weighted by Crippen LogP contribution is -2.01. The third kappa shape index (κ3) is 2.57. The summed E-state index contributed by atoms with van der Waals surface area (Å²) in [5.41, 5.74) is 1.60. The molecule has 0 spiro atoms. The second-order valence-electron chi connectivity index (χ2n) is 4.75. The van der Waals surface area contributed by atoms with E-state index in [1.807, 2.05) is 47.0 Å². The van der Waals surface area contributed by atoms with Gasteiger partial charge in [-0.15, -0.1) is 0 Å². The number of hydrogen-bond donors (Lipinski definition) is 0. The molecule has 3 rings (SSSR count). The summed E-state index contributed by atoms with van der Waals surface area (Å²) in [4.78, 5) is 4.33. The van der Waals surface area contributed by atoms with Crippen molar-refractivity contribution in [3.8, 4) is 11.6 Å². The molecule has 0 radical (unpaired) electrons. The zero-order chi connectivity index (χ0) is 15.5. The lowest BCUT2D eigenvalue weighted by atomic mass is 10.2. The van der Waals surface area contributed by atoms with Crippen LogP contribution in [0.25, 0.3) is 16.7 Å². The minimum Gasteiger partial charge on any atom is -0.496 e. The maximum absolute atomic E-state index is 12.5. The maximum Gasteiger partial charge on any atom is 0.266 e. The van der Waals surface area contributed by atoms with E-state index in [0.29, 0.717) is 11.6 Å². The van der Waals surface area contributed by atoms with Gasteiger partial charge < -0.3 is 4.74 Å². The third-order valence-electron chi connectivity index (χ3n) is 3.45. The van der Waals surface area contributed by atoms with Gasteiger partial charge in [-0.3, -0.25) is 4.57 Å². The Hall–Kier alpha value is -2.69. The summed E-state index contributed by atoms with van der Waals surface area (Å²) in [6, 6.07) is 13.0.